The molecule has 0 atom stereocenters. The van der Waals surface area contributed by atoms with Crippen LogP contribution in [0.4, 0.5) is 0 Å². The maximum Gasteiger partial charge on any atom is 0.308 e. The number of esters is 1. The van der Waals surface area contributed by atoms with E-state index in [1.807, 2.05) is 34.6 Å². The maximum absolute atomic E-state index is 11.7. The number of aromatic nitrogens is 4. The second-order valence-corrected chi connectivity index (χ2v) is 6.13. The number of nitrogens with zero attached hydrogens (tertiary/aromatic N) is 4. The number of aryl methyl sites for hydroxylation is 1. The van der Waals surface area contributed by atoms with Crippen LogP contribution in [0.3, 0.4) is 0 Å². The van der Waals surface area contributed by atoms with Gasteiger partial charge >= 0.3 is 5.97 Å². The molecule has 2 aromatic heterocycles. The molecule has 6 nitrogen and oxygen atoms in total. The highest BCUT2D eigenvalue weighted by Gasteiger charge is 2.16. The van der Waals surface area contributed by atoms with Crippen LogP contribution < -0.4 is 0 Å². The zero-order valence-corrected chi connectivity index (χ0v) is 15.6. The highest BCUT2D eigenvalue weighted by Crippen LogP contribution is 2.13. The van der Waals surface area contributed by atoms with Gasteiger partial charge in [-0.05, 0) is 32.9 Å². The summed E-state index contributed by atoms with van der Waals surface area (Å²) in [7, 11) is 0. The Labute approximate surface area is 147 Å². The van der Waals surface area contributed by atoms with E-state index in [4.69, 9.17) is 17.0 Å². The standard InChI is InChI=1S/C15H18N4O2S.C2H6/c1-15(2,3)21-13(20)5-8-19-12(22)9-11(10-18-19)14-16-6-4-7-17-14;1-2/h4,6-7,9-10H,5,8H2,1-3H3;1-2H3. The van der Waals surface area contributed by atoms with E-state index in [1.54, 1.807) is 35.4 Å². The topological polar surface area (TPSA) is 69.9 Å². The zero-order chi connectivity index (χ0) is 18.2. The molecule has 0 saturated carbocycles. The lowest BCUT2D eigenvalue weighted by molar-refractivity contribution is -0.155. The molecule has 0 amide bonds. The molecular formula is C17H24N4O2S. The van der Waals surface area contributed by atoms with Crippen molar-refractivity contribution in [1.29, 1.82) is 0 Å². The van der Waals surface area contributed by atoms with Crippen LogP contribution in [0.15, 0.2) is 30.7 Å². The quantitative estimate of drug-likeness (QED) is 0.618. The summed E-state index contributed by atoms with van der Waals surface area (Å²) in [6.45, 7) is 9.89. The molecule has 0 aliphatic heterocycles. The number of carbonyl (C=O) groups excluding carboxylic acids is 1. The maximum atomic E-state index is 11.7. The van der Waals surface area contributed by atoms with Gasteiger partial charge in [-0.25, -0.2) is 9.97 Å². The van der Waals surface area contributed by atoms with Crippen LogP contribution in [-0.4, -0.2) is 31.3 Å². The van der Waals surface area contributed by atoms with E-state index in [1.165, 1.54) is 0 Å². The van der Waals surface area contributed by atoms with Crippen molar-refractivity contribution in [2.75, 3.05) is 0 Å². The van der Waals surface area contributed by atoms with Crippen LogP contribution in [0, 0.1) is 4.64 Å². The largest absolute Gasteiger partial charge is 0.460 e. The number of carbonyl (C=O) groups is 1. The minimum atomic E-state index is -0.486. The van der Waals surface area contributed by atoms with E-state index in [0.29, 0.717) is 17.0 Å². The minimum absolute atomic E-state index is 0.222. The molecule has 0 saturated heterocycles. The molecule has 130 valence electrons. The zero-order valence-electron chi connectivity index (χ0n) is 14.8. The van der Waals surface area contributed by atoms with Gasteiger partial charge in [0.05, 0.1) is 19.2 Å². The van der Waals surface area contributed by atoms with Crippen molar-refractivity contribution in [2.24, 2.45) is 0 Å². The van der Waals surface area contributed by atoms with Crippen LogP contribution in [0.1, 0.15) is 41.0 Å². The van der Waals surface area contributed by atoms with Gasteiger partial charge in [0.2, 0.25) is 0 Å². The summed E-state index contributed by atoms with van der Waals surface area (Å²) in [6, 6.07) is 3.52. The molecular weight excluding hydrogens is 324 g/mol. The van der Waals surface area contributed by atoms with Crippen molar-refractivity contribution in [1.82, 2.24) is 19.7 Å². The second kappa shape index (κ2) is 9.22. The Kier molecular flexibility index (Phi) is 7.64. The number of ether oxygens (including phenoxy) is 1. The fraction of sp³-hybridized carbons (Fsp3) is 0.471. The number of hydrogen-bond acceptors (Lipinski definition) is 6. The molecule has 0 radical (unpaired) electrons. The Morgan fingerprint density at radius 3 is 2.42 bits per heavy atom. The van der Waals surface area contributed by atoms with Gasteiger partial charge in [-0.2, -0.15) is 5.10 Å². The van der Waals surface area contributed by atoms with Gasteiger partial charge in [0, 0.05) is 18.0 Å². The normalized spacial score (nSPS) is 10.5. The highest BCUT2D eigenvalue weighted by atomic mass is 32.1. The van der Waals surface area contributed by atoms with Gasteiger partial charge in [-0.1, -0.05) is 26.1 Å². The first kappa shape index (κ1) is 19.9. The van der Waals surface area contributed by atoms with Gasteiger partial charge in [-0.3, -0.25) is 9.48 Å². The molecule has 2 heterocycles. The predicted molar refractivity (Wildman–Crippen MR) is 95.9 cm³/mol. The highest BCUT2D eigenvalue weighted by molar-refractivity contribution is 7.71. The van der Waals surface area contributed by atoms with E-state index in [9.17, 15) is 4.79 Å². The molecule has 0 bridgehead atoms. The SMILES string of the molecule is CC.CC(C)(C)OC(=O)CCn1ncc(-c2ncccn2)cc1=S. The Morgan fingerprint density at radius 1 is 1.25 bits per heavy atom. The van der Waals surface area contributed by atoms with Crippen molar-refractivity contribution in [2.45, 2.75) is 53.2 Å². The van der Waals surface area contributed by atoms with Crippen molar-refractivity contribution >= 4 is 18.2 Å². The monoisotopic (exact) mass is 348 g/mol. The van der Waals surface area contributed by atoms with Gasteiger partial charge in [0.25, 0.3) is 0 Å². The fourth-order valence-electron chi connectivity index (χ4n) is 1.76. The molecule has 7 heteroatoms. The first-order valence-corrected chi connectivity index (χ1v) is 8.32. The summed E-state index contributed by atoms with van der Waals surface area (Å²) in [5.74, 6) is 0.298. The van der Waals surface area contributed by atoms with Gasteiger partial charge in [-0.15, -0.1) is 0 Å². The van der Waals surface area contributed by atoms with Gasteiger partial charge in [0.15, 0.2) is 5.82 Å². The molecule has 0 spiro atoms. The van der Waals surface area contributed by atoms with Crippen LogP contribution in [0.25, 0.3) is 11.4 Å². The Balaban J connectivity index is 0.00000139. The van der Waals surface area contributed by atoms with Crippen molar-refractivity contribution in [3.8, 4) is 11.4 Å². The van der Waals surface area contributed by atoms with Crippen molar-refractivity contribution in [3.05, 3.63) is 35.4 Å². The third-order valence-electron chi connectivity index (χ3n) is 2.64. The molecule has 0 N–H and O–H groups in total. The smallest absolute Gasteiger partial charge is 0.308 e. The third-order valence-corrected chi connectivity index (χ3v) is 2.97. The van der Waals surface area contributed by atoms with Crippen LogP contribution in [0.5, 0.6) is 0 Å². The Morgan fingerprint density at radius 2 is 1.88 bits per heavy atom. The van der Waals surface area contributed by atoms with E-state index in [-0.39, 0.29) is 12.4 Å². The summed E-state index contributed by atoms with van der Waals surface area (Å²) in [6.07, 6.45) is 5.18. The van der Waals surface area contributed by atoms with E-state index in [0.717, 1.165) is 5.56 Å². The second-order valence-electron chi connectivity index (χ2n) is 5.71. The van der Waals surface area contributed by atoms with Gasteiger partial charge < -0.3 is 4.74 Å². The third kappa shape index (κ3) is 6.54. The molecule has 2 aromatic rings. The summed E-state index contributed by atoms with van der Waals surface area (Å²) in [4.78, 5) is 20.0. The Bertz CT molecular complexity index is 709. The van der Waals surface area contributed by atoms with Crippen LogP contribution >= 0.6 is 12.2 Å². The van der Waals surface area contributed by atoms with Crippen molar-refractivity contribution in [3.63, 3.8) is 0 Å². The fourth-order valence-corrected chi connectivity index (χ4v) is 2.03. The lowest BCUT2D eigenvalue weighted by Gasteiger charge is -2.19. The summed E-state index contributed by atoms with van der Waals surface area (Å²) < 4.78 is 7.37. The molecule has 0 unspecified atom stereocenters. The molecule has 0 aliphatic carbocycles. The number of hydrogen-bond donors (Lipinski definition) is 0. The molecule has 0 aliphatic rings. The van der Waals surface area contributed by atoms with E-state index in [2.05, 4.69) is 15.1 Å². The molecule has 24 heavy (non-hydrogen) atoms. The number of rotatable bonds is 4. The molecule has 0 aromatic carbocycles. The summed E-state index contributed by atoms with van der Waals surface area (Å²) in [5.41, 5.74) is 0.264. The average Bonchev–Trinajstić information content (AvgIpc) is 2.55. The van der Waals surface area contributed by atoms with Crippen molar-refractivity contribution < 1.29 is 9.53 Å². The lowest BCUT2D eigenvalue weighted by atomic mass is 10.2. The van der Waals surface area contributed by atoms with E-state index >= 15 is 0 Å². The van der Waals surface area contributed by atoms with Crippen LogP contribution in [-0.2, 0) is 16.1 Å². The minimum Gasteiger partial charge on any atom is -0.460 e. The summed E-state index contributed by atoms with van der Waals surface area (Å²) in [5, 5.41) is 4.25. The van der Waals surface area contributed by atoms with E-state index < -0.39 is 5.60 Å². The molecule has 0 fully saturated rings. The van der Waals surface area contributed by atoms with Crippen LogP contribution in [0.2, 0.25) is 0 Å². The predicted octanol–water partition coefficient (Wildman–Crippen LogP) is 3.83. The summed E-state index contributed by atoms with van der Waals surface area (Å²) >= 11 is 5.29. The lowest BCUT2D eigenvalue weighted by Crippen LogP contribution is -2.24. The Hall–Kier alpha value is -2.15. The molecule has 2 rings (SSSR count). The average molecular weight is 348 g/mol. The first-order valence-electron chi connectivity index (χ1n) is 7.91. The first-order chi connectivity index (χ1) is 11.3. The van der Waals surface area contributed by atoms with Gasteiger partial charge in [0.1, 0.15) is 10.2 Å².